The third kappa shape index (κ3) is 5.30. The molecule has 0 aromatic heterocycles. The van der Waals surface area contributed by atoms with E-state index in [4.69, 9.17) is 11.6 Å². The van der Waals surface area contributed by atoms with Crippen LogP contribution in [-0.4, -0.2) is 42.0 Å². The molecule has 3 aromatic carbocycles. The molecular formula is C24H27ClN3O3S+. The molecule has 0 spiro atoms. The van der Waals surface area contributed by atoms with Crippen LogP contribution >= 0.6 is 11.6 Å². The zero-order valence-electron chi connectivity index (χ0n) is 18.2. The van der Waals surface area contributed by atoms with E-state index in [0.717, 1.165) is 10.5 Å². The standard InChI is InChI=1S/C24H26ClN3O3S/c1-27(2)23(18-10-6-4-7-11-18)17-26-24(29)21-16-20(14-15-22(21)25)32(30,31)28(3)19-12-8-5-9-13-19/h4-16,23H,17H2,1-3H3,(H,26,29)/p+1/t23-/m1/s1. The second-order valence-corrected chi connectivity index (χ2v) is 10.1. The molecule has 1 amide bonds. The zero-order chi connectivity index (χ0) is 23.3. The highest BCUT2D eigenvalue weighted by Crippen LogP contribution is 2.25. The minimum atomic E-state index is -3.86. The molecule has 0 aliphatic heterocycles. The van der Waals surface area contributed by atoms with E-state index >= 15 is 0 Å². The van der Waals surface area contributed by atoms with Crippen molar-refractivity contribution < 1.29 is 18.1 Å². The van der Waals surface area contributed by atoms with Crippen LogP contribution in [0.2, 0.25) is 5.02 Å². The van der Waals surface area contributed by atoms with E-state index in [-0.39, 0.29) is 21.5 Å². The van der Waals surface area contributed by atoms with Gasteiger partial charge in [-0.15, -0.1) is 0 Å². The summed E-state index contributed by atoms with van der Waals surface area (Å²) in [5.74, 6) is -0.420. The maximum Gasteiger partial charge on any atom is 0.264 e. The van der Waals surface area contributed by atoms with Crippen LogP contribution in [0, 0.1) is 0 Å². The number of carbonyl (C=O) groups excluding carboxylic acids is 1. The van der Waals surface area contributed by atoms with E-state index in [9.17, 15) is 13.2 Å². The number of halogens is 1. The third-order valence-corrected chi connectivity index (χ3v) is 7.44. The van der Waals surface area contributed by atoms with E-state index in [0.29, 0.717) is 12.2 Å². The van der Waals surface area contributed by atoms with Gasteiger partial charge in [-0.2, -0.15) is 0 Å². The highest BCUT2D eigenvalue weighted by atomic mass is 35.5. The normalized spacial score (nSPS) is 12.4. The van der Waals surface area contributed by atoms with E-state index in [1.165, 1.54) is 29.6 Å². The molecule has 3 rings (SSSR count). The molecule has 0 heterocycles. The van der Waals surface area contributed by atoms with Crippen LogP contribution in [0.1, 0.15) is 22.0 Å². The summed E-state index contributed by atoms with van der Waals surface area (Å²) in [5.41, 5.74) is 1.74. The van der Waals surface area contributed by atoms with Crippen molar-refractivity contribution in [1.82, 2.24) is 5.32 Å². The average molecular weight is 473 g/mol. The number of para-hydroxylation sites is 1. The highest BCUT2D eigenvalue weighted by molar-refractivity contribution is 7.92. The maximum atomic E-state index is 13.1. The first kappa shape index (κ1) is 23.8. The molecular weight excluding hydrogens is 446 g/mol. The summed E-state index contributed by atoms with van der Waals surface area (Å²) >= 11 is 6.26. The lowest BCUT2D eigenvalue weighted by Gasteiger charge is -2.22. The largest absolute Gasteiger partial charge is 0.346 e. The molecule has 3 aromatic rings. The fourth-order valence-electron chi connectivity index (χ4n) is 3.40. The smallest absolute Gasteiger partial charge is 0.264 e. The summed E-state index contributed by atoms with van der Waals surface area (Å²) in [5, 5.41) is 3.10. The van der Waals surface area contributed by atoms with Crippen molar-refractivity contribution in [3.8, 4) is 0 Å². The average Bonchev–Trinajstić information content (AvgIpc) is 2.79. The van der Waals surface area contributed by atoms with Gasteiger partial charge in [0.05, 0.1) is 41.8 Å². The molecule has 0 fully saturated rings. The molecule has 1 atom stereocenters. The van der Waals surface area contributed by atoms with Crippen LogP contribution in [0.4, 0.5) is 5.69 Å². The van der Waals surface area contributed by atoms with Crippen molar-refractivity contribution in [1.29, 1.82) is 0 Å². The molecule has 0 aliphatic carbocycles. The van der Waals surface area contributed by atoms with E-state index in [1.54, 1.807) is 24.3 Å². The first-order chi connectivity index (χ1) is 15.2. The Labute approximate surface area is 194 Å². The highest BCUT2D eigenvalue weighted by Gasteiger charge is 2.25. The van der Waals surface area contributed by atoms with Gasteiger partial charge in [0.1, 0.15) is 6.04 Å². The quantitative estimate of drug-likeness (QED) is 0.529. The molecule has 0 unspecified atom stereocenters. The number of benzene rings is 3. The summed E-state index contributed by atoms with van der Waals surface area (Å²) in [7, 11) is 1.65. The van der Waals surface area contributed by atoms with E-state index in [1.807, 2.05) is 50.5 Å². The van der Waals surface area contributed by atoms with Gasteiger partial charge in [0.15, 0.2) is 0 Å². The Hall–Kier alpha value is -2.87. The first-order valence-electron chi connectivity index (χ1n) is 10.2. The van der Waals surface area contributed by atoms with Crippen molar-refractivity contribution >= 4 is 33.2 Å². The Morgan fingerprint density at radius 2 is 1.59 bits per heavy atom. The number of sulfonamides is 1. The van der Waals surface area contributed by atoms with Crippen LogP contribution in [0.25, 0.3) is 0 Å². The minimum absolute atomic E-state index is 0.00347. The second-order valence-electron chi connectivity index (χ2n) is 7.70. The molecule has 0 aliphatic rings. The lowest BCUT2D eigenvalue weighted by molar-refractivity contribution is -0.890. The first-order valence-corrected chi connectivity index (χ1v) is 12.0. The topological polar surface area (TPSA) is 70.9 Å². The predicted molar refractivity (Wildman–Crippen MR) is 128 cm³/mol. The number of rotatable bonds is 8. The fraction of sp³-hybridized carbons (Fsp3) is 0.208. The Morgan fingerprint density at radius 3 is 2.19 bits per heavy atom. The Bertz CT molecular complexity index is 1170. The molecule has 0 saturated carbocycles. The van der Waals surface area contributed by atoms with Gasteiger partial charge in [-0.25, -0.2) is 8.42 Å². The van der Waals surface area contributed by atoms with Crippen LogP contribution in [0.15, 0.2) is 83.8 Å². The van der Waals surface area contributed by atoms with Gasteiger partial charge in [0.25, 0.3) is 15.9 Å². The molecule has 168 valence electrons. The van der Waals surface area contributed by atoms with Gasteiger partial charge >= 0.3 is 0 Å². The molecule has 0 radical (unpaired) electrons. The number of hydrogen-bond donors (Lipinski definition) is 2. The van der Waals surface area contributed by atoms with Crippen LogP contribution in [-0.2, 0) is 10.0 Å². The van der Waals surface area contributed by atoms with Crippen molar-refractivity contribution in [2.75, 3.05) is 32.0 Å². The lowest BCUT2D eigenvalue weighted by atomic mass is 10.1. The number of amides is 1. The SMILES string of the molecule is CN(c1ccccc1)S(=O)(=O)c1ccc(Cl)c(C(=O)NC[C@H](c2ccccc2)[NH+](C)C)c1. The molecule has 2 N–H and O–H groups in total. The fourth-order valence-corrected chi connectivity index (χ4v) is 4.83. The monoisotopic (exact) mass is 472 g/mol. The van der Waals surface area contributed by atoms with Crippen molar-refractivity contribution in [3.05, 3.63) is 95.0 Å². The summed E-state index contributed by atoms with van der Waals surface area (Å²) in [6, 6.07) is 22.9. The number of carbonyl (C=O) groups is 1. The zero-order valence-corrected chi connectivity index (χ0v) is 19.8. The number of anilines is 1. The molecule has 0 saturated heterocycles. The van der Waals surface area contributed by atoms with Crippen LogP contribution in [0.5, 0.6) is 0 Å². The number of hydrogen-bond acceptors (Lipinski definition) is 3. The lowest BCUT2D eigenvalue weighted by Crippen LogP contribution is -3.07. The minimum Gasteiger partial charge on any atom is -0.346 e. The summed E-state index contributed by atoms with van der Waals surface area (Å²) in [6.07, 6.45) is 0. The Balaban J connectivity index is 1.83. The Kier molecular flexibility index (Phi) is 7.56. The Morgan fingerprint density at radius 1 is 1.00 bits per heavy atom. The maximum absolute atomic E-state index is 13.1. The number of nitrogens with zero attached hydrogens (tertiary/aromatic N) is 1. The van der Waals surface area contributed by atoms with Gasteiger partial charge in [-0.3, -0.25) is 9.10 Å². The van der Waals surface area contributed by atoms with Gasteiger partial charge in [-0.05, 0) is 30.3 Å². The summed E-state index contributed by atoms with van der Waals surface area (Å²) in [4.78, 5) is 14.1. The van der Waals surface area contributed by atoms with E-state index in [2.05, 4.69) is 5.32 Å². The summed E-state index contributed by atoms with van der Waals surface area (Å²) < 4.78 is 27.4. The van der Waals surface area contributed by atoms with Gasteiger partial charge in [0.2, 0.25) is 0 Å². The van der Waals surface area contributed by atoms with Gasteiger partial charge in [-0.1, -0.05) is 60.1 Å². The molecule has 0 bridgehead atoms. The summed E-state index contributed by atoms with van der Waals surface area (Å²) in [6.45, 7) is 0.377. The number of nitrogens with one attached hydrogen (secondary N) is 2. The number of quaternary nitrogens is 1. The molecule has 32 heavy (non-hydrogen) atoms. The third-order valence-electron chi connectivity index (χ3n) is 5.33. The van der Waals surface area contributed by atoms with Crippen molar-refractivity contribution in [2.45, 2.75) is 10.9 Å². The van der Waals surface area contributed by atoms with E-state index < -0.39 is 15.9 Å². The predicted octanol–water partition coefficient (Wildman–Crippen LogP) is 2.78. The van der Waals surface area contributed by atoms with Gasteiger partial charge < -0.3 is 10.2 Å². The molecule has 6 nitrogen and oxygen atoms in total. The van der Waals surface area contributed by atoms with Crippen LogP contribution in [0.3, 0.4) is 0 Å². The van der Waals surface area contributed by atoms with Crippen molar-refractivity contribution in [2.24, 2.45) is 0 Å². The van der Waals surface area contributed by atoms with Crippen LogP contribution < -0.4 is 14.5 Å². The van der Waals surface area contributed by atoms with Gasteiger partial charge in [0, 0.05) is 12.6 Å². The second kappa shape index (κ2) is 10.2. The van der Waals surface area contributed by atoms with Crippen molar-refractivity contribution in [3.63, 3.8) is 0 Å². The number of likely N-dealkylation sites (N-methyl/N-ethyl adjacent to an activating group) is 1. The molecule has 8 heteroatoms.